The normalized spacial score (nSPS) is 21.5. The van der Waals surface area contributed by atoms with Crippen LogP contribution in [0.3, 0.4) is 0 Å². The molecule has 1 amide bonds. The number of nitrogens with zero attached hydrogens (tertiary/aromatic N) is 2. The molecule has 5 rings (SSSR count). The van der Waals surface area contributed by atoms with Gasteiger partial charge in [0, 0.05) is 37.3 Å². The molecule has 2 N–H and O–H groups in total. The number of hydrogen-bond donors (Lipinski definition) is 2. The van der Waals surface area contributed by atoms with E-state index < -0.39 is 0 Å². The highest BCUT2D eigenvalue weighted by Gasteiger charge is 2.41. The van der Waals surface area contributed by atoms with E-state index in [9.17, 15) is 9.59 Å². The highest BCUT2D eigenvalue weighted by atomic mass is 16.5. The van der Waals surface area contributed by atoms with Gasteiger partial charge in [0.2, 0.25) is 5.91 Å². The maximum absolute atomic E-state index is 13.7. The Morgan fingerprint density at radius 3 is 2.57 bits per heavy atom. The van der Waals surface area contributed by atoms with Gasteiger partial charge >= 0.3 is 0 Å². The van der Waals surface area contributed by atoms with Gasteiger partial charge in [-0.25, -0.2) is 0 Å². The summed E-state index contributed by atoms with van der Waals surface area (Å²) in [6.45, 7) is 9.50. The first-order chi connectivity index (χ1) is 17.9. The minimum absolute atomic E-state index is 0.0367. The molecule has 37 heavy (non-hydrogen) atoms. The molecule has 1 atom stereocenters. The molecule has 3 aliphatic rings. The molecule has 0 bridgehead atoms. The maximum atomic E-state index is 13.7. The minimum Gasteiger partial charge on any atom is -0.379 e. The molecule has 2 aromatic carbocycles. The molecular formula is C30H38N4O3. The van der Waals surface area contributed by atoms with Crippen molar-refractivity contribution < 1.29 is 14.3 Å². The van der Waals surface area contributed by atoms with E-state index in [4.69, 9.17) is 4.74 Å². The number of para-hydroxylation sites is 2. The molecule has 2 aromatic rings. The largest absolute Gasteiger partial charge is 0.379 e. The average molecular weight is 503 g/mol. The Morgan fingerprint density at radius 2 is 1.78 bits per heavy atom. The monoisotopic (exact) mass is 502 g/mol. The Bertz CT molecular complexity index is 1150. The zero-order valence-corrected chi connectivity index (χ0v) is 22.0. The zero-order valence-electron chi connectivity index (χ0n) is 22.0. The fraction of sp³-hybridized carbons (Fsp3) is 0.467. The van der Waals surface area contributed by atoms with E-state index in [-0.39, 0.29) is 29.7 Å². The second-order valence-electron chi connectivity index (χ2n) is 11.1. The van der Waals surface area contributed by atoms with Gasteiger partial charge in [-0.3, -0.25) is 14.5 Å². The molecule has 1 aliphatic carbocycles. The Balaban J connectivity index is 1.42. The van der Waals surface area contributed by atoms with Gasteiger partial charge in [0.25, 0.3) is 0 Å². The predicted molar refractivity (Wildman–Crippen MR) is 147 cm³/mol. The average Bonchev–Trinajstić information content (AvgIpc) is 3.01. The van der Waals surface area contributed by atoms with Crippen LogP contribution in [-0.4, -0.2) is 62.5 Å². The number of allylic oxidation sites excluding steroid dienone is 1. The molecule has 2 aliphatic heterocycles. The van der Waals surface area contributed by atoms with Crippen LogP contribution < -0.4 is 15.5 Å². The van der Waals surface area contributed by atoms with E-state index in [0.717, 1.165) is 73.9 Å². The number of nitrogens with one attached hydrogen (secondary N) is 2. The second-order valence-corrected chi connectivity index (χ2v) is 11.1. The van der Waals surface area contributed by atoms with Gasteiger partial charge < -0.3 is 20.3 Å². The molecule has 0 spiro atoms. The lowest BCUT2D eigenvalue weighted by atomic mass is 9.73. The van der Waals surface area contributed by atoms with Crippen molar-refractivity contribution in [3.8, 4) is 0 Å². The predicted octanol–water partition coefficient (Wildman–Crippen LogP) is 4.14. The van der Waals surface area contributed by atoms with Crippen molar-refractivity contribution in [3.63, 3.8) is 0 Å². The number of rotatable bonds is 7. The number of carbonyl (C=O) groups excluding carboxylic acids is 2. The number of benzene rings is 2. The number of ether oxygens (including phenoxy) is 1. The molecule has 0 saturated carbocycles. The van der Waals surface area contributed by atoms with Gasteiger partial charge in [0.1, 0.15) is 0 Å². The van der Waals surface area contributed by atoms with Crippen LogP contribution in [0.5, 0.6) is 0 Å². The molecule has 1 fully saturated rings. The molecule has 7 nitrogen and oxygen atoms in total. The summed E-state index contributed by atoms with van der Waals surface area (Å²) >= 11 is 0. The zero-order chi connectivity index (χ0) is 25.8. The van der Waals surface area contributed by atoms with Crippen LogP contribution in [0.25, 0.3) is 0 Å². The van der Waals surface area contributed by atoms with Gasteiger partial charge in [-0.15, -0.1) is 0 Å². The highest BCUT2D eigenvalue weighted by molar-refractivity contribution is 6.01. The lowest BCUT2D eigenvalue weighted by Crippen LogP contribution is -2.43. The molecular weight excluding hydrogens is 464 g/mol. The smallest absolute Gasteiger partial charge is 0.239 e. The number of anilines is 2. The van der Waals surface area contributed by atoms with E-state index in [1.807, 2.05) is 42.5 Å². The van der Waals surface area contributed by atoms with Gasteiger partial charge in [-0.1, -0.05) is 56.3 Å². The molecule has 1 unspecified atom stereocenters. The number of morpholine rings is 1. The van der Waals surface area contributed by atoms with Crippen molar-refractivity contribution in [2.75, 3.05) is 56.2 Å². The van der Waals surface area contributed by atoms with Crippen molar-refractivity contribution >= 4 is 23.1 Å². The highest BCUT2D eigenvalue weighted by Crippen LogP contribution is 2.48. The first-order valence-electron chi connectivity index (χ1n) is 13.4. The van der Waals surface area contributed by atoms with E-state index in [2.05, 4.69) is 46.4 Å². The Hall–Kier alpha value is -3.16. The van der Waals surface area contributed by atoms with Gasteiger partial charge in [0.15, 0.2) is 5.78 Å². The van der Waals surface area contributed by atoms with Crippen LogP contribution in [-0.2, 0) is 14.3 Å². The summed E-state index contributed by atoms with van der Waals surface area (Å²) in [6, 6.07) is 17.8. The van der Waals surface area contributed by atoms with Crippen molar-refractivity contribution in [3.05, 3.63) is 71.4 Å². The van der Waals surface area contributed by atoms with Crippen LogP contribution in [0, 0.1) is 5.41 Å². The van der Waals surface area contributed by atoms with Crippen molar-refractivity contribution in [2.45, 2.75) is 39.2 Å². The second kappa shape index (κ2) is 11.1. The third-order valence-electron chi connectivity index (χ3n) is 7.51. The van der Waals surface area contributed by atoms with Crippen molar-refractivity contribution in [1.29, 1.82) is 0 Å². The molecule has 2 heterocycles. The van der Waals surface area contributed by atoms with E-state index in [1.54, 1.807) is 0 Å². The maximum Gasteiger partial charge on any atom is 0.239 e. The third kappa shape index (κ3) is 5.89. The molecule has 0 aromatic heterocycles. The lowest BCUT2D eigenvalue weighted by Gasteiger charge is -2.37. The number of ketones is 1. The standard InChI is InChI=1S/C30H38N4O3/c1-30(2)19-24-28(26(35)20-30)29(22-9-4-3-5-10-22)34(25-12-7-6-11-23(25)32-24)21-27(36)31-13-8-14-33-15-17-37-18-16-33/h3-7,9-12,29,32H,8,13-21H2,1-2H3,(H,31,36). The Kier molecular flexibility index (Phi) is 7.63. The Morgan fingerprint density at radius 1 is 1.05 bits per heavy atom. The van der Waals surface area contributed by atoms with E-state index in [1.165, 1.54) is 0 Å². The van der Waals surface area contributed by atoms with Gasteiger partial charge in [-0.05, 0) is 42.5 Å². The quantitative estimate of drug-likeness (QED) is 0.555. The van der Waals surface area contributed by atoms with Crippen LogP contribution in [0.4, 0.5) is 11.4 Å². The number of Topliss-reactive ketones (excluding diaryl/α,β-unsaturated/α-hetero) is 1. The summed E-state index contributed by atoms with van der Waals surface area (Å²) in [5, 5.41) is 6.74. The van der Waals surface area contributed by atoms with Crippen LogP contribution in [0.15, 0.2) is 65.9 Å². The third-order valence-corrected chi connectivity index (χ3v) is 7.51. The van der Waals surface area contributed by atoms with Crippen molar-refractivity contribution in [2.24, 2.45) is 5.41 Å². The van der Waals surface area contributed by atoms with Crippen molar-refractivity contribution in [1.82, 2.24) is 10.2 Å². The van der Waals surface area contributed by atoms with Gasteiger partial charge in [-0.2, -0.15) is 0 Å². The number of fused-ring (bicyclic) bond motifs is 1. The number of carbonyl (C=O) groups is 2. The summed E-state index contributed by atoms with van der Waals surface area (Å²) < 4.78 is 5.42. The van der Waals surface area contributed by atoms with E-state index in [0.29, 0.717) is 13.0 Å². The van der Waals surface area contributed by atoms with E-state index >= 15 is 0 Å². The minimum atomic E-state index is -0.338. The van der Waals surface area contributed by atoms with Crippen LogP contribution in [0.1, 0.15) is 44.7 Å². The number of amides is 1. The fourth-order valence-electron chi connectivity index (χ4n) is 5.78. The SMILES string of the molecule is CC1(C)CC(=O)C2=C(C1)Nc1ccccc1N(CC(=O)NCCCN1CCOCC1)C2c1ccccc1. The first kappa shape index (κ1) is 25.5. The molecule has 1 saturated heterocycles. The summed E-state index contributed by atoms with van der Waals surface area (Å²) in [7, 11) is 0. The lowest BCUT2D eigenvalue weighted by molar-refractivity contribution is -0.120. The van der Waals surface area contributed by atoms with Gasteiger partial charge in [0.05, 0.1) is 37.2 Å². The summed E-state index contributed by atoms with van der Waals surface area (Å²) in [5.74, 6) is 0.113. The molecule has 196 valence electrons. The summed E-state index contributed by atoms with van der Waals surface area (Å²) in [6.07, 6.45) is 2.18. The van der Waals surface area contributed by atoms with Crippen LogP contribution >= 0.6 is 0 Å². The summed E-state index contributed by atoms with van der Waals surface area (Å²) in [4.78, 5) is 31.5. The molecule has 7 heteroatoms. The van der Waals surface area contributed by atoms with Crippen LogP contribution in [0.2, 0.25) is 0 Å². The topological polar surface area (TPSA) is 73.9 Å². The summed E-state index contributed by atoms with van der Waals surface area (Å²) in [5.41, 5.74) is 4.50. The molecule has 0 radical (unpaired) electrons. The fourth-order valence-corrected chi connectivity index (χ4v) is 5.78. The first-order valence-corrected chi connectivity index (χ1v) is 13.4. The Labute approximate surface area is 219 Å². The number of hydrogen-bond acceptors (Lipinski definition) is 6.